The van der Waals surface area contributed by atoms with Crippen LogP contribution in [0.5, 0.6) is 5.75 Å². The predicted molar refractivity (Wildman–Crippen MR) is 104 cm³/mol. The van der Waals surface area contributed by atoms with Crippen molar-refractivity contribution in [1.29, 1.82) is 0 Å². The van der Waals surface area contributed by atoms with Gasteiger partial charge in [-0.1, -0.05) is 19.1 Å². The lowest BCUT2D eigenvalue weighted by Crippen LogP contribution is -2.45. The number of likely N-dealkylation sites (N-methyl/N-ethyl adjacent to an activating group) is 2. The first-order chi connectivity index (χ1) is 12.5. The largest absolute Gasteiger partial charge is 0.484 e. The Morgan fingerprint density at radius 2 is 2.31 bits per heavy atom. The molecule has 0 saturated carbocycles. The highest BCUT2D eigenvalue weighted by molar-refractivity contribution is 5.79. The van der Waals surface area contributed by atoms with Crippen molar-refractivity contribution >= 4 is 11.9 Å². The minimum Gasteiger partial charge on any atom is -0.484 e. The number of benzene rings is 1. The maximum atomic E-state index is 10.8. The number of rotatable bonds is 8. The number of guanidine groups is 1. The van der Waals surface area contributed by atoms with Gasteiger partial charge in [-0.25, -0.2) is 0 Å². The molecular weight excluding hydrogens is 330 g/mol. The molecule has 0 radical (unpaired) electrons. The normalized spacial score (nSPS) is 18.0. The highest BCUT2D eigenvalue weighted by Gasteiger charge is 2.24. The summed E-state index contributed by atoms with van der Waals surface area (Å²) in [5.74, 6) is 1.02. The second kappa shape index (κ2) is 10.0. The van der Waals surface area contributed by atoms with Gasteiger partial charge in [0.15, 0.2) is 12.6 Å². The van der Waals surface area contributed by atoms with E-state index in [1.807, 2.05) is 24.3 Å². The molecule has 1 fully saturated rings. The molecule has 7 heteroatoms. The first-order valence-electron chi connectivity index (χ1n) is 9.19. The zero-order valence-corrected chi connectivity index (χ0v) is 16.1. The number of nitrogens with zero attached hydrogens (tertiary/aromatic N) is 3. The molecule has 1 amide bonds. The van der Waals surface area contributed by atoms with Crippen molar-refractivity contribution in [3.05, 3.63) is 29.8 Å². The van der Waals surface area contributed by atoms with Crippen LogP contribution in [0, 0.1) is 0 Å². The first-order valence-corrected chi connectivity index (χ1v) is 9.19. The van der Waals surface area contributed by atoms with Gasteiger partial charge < -0.3 is 20.7 Å². The minimum absolute atomic E-state index is 0.114. The van der Waals surface area contributed by atoms with E-state index in [2.05, 4.69) is 34.1 Å². The molecule has 1 saturated heterocycles. The minimum atomic E-state index is -0.483. The monoisotopic (exact) mass is 361 g/mol. The summed E-state index contributed by atoms with van der Waals surface area (Å²) in [5.41, 5.74) is 6.17. The van der Waals surface area contributed by atoms with Crippen LogP contribution in [0.3, 0.4) is 0 Å². The standard InChI is InChI=1S/C19H31N5O2/c1-4-24-10-6-8-16(24)13-23(3)19(21-2)22-12-15-7-5-9-17(11-15)26-14-18(20)25/h5,7,9,11,16H,4,6,8,10,12-14H2,1-3H3,(H2,20,25)(H,21,22). The number of aliphatic imine (C=N–C) groups is 1. The average molecular weight is 361 g/mol. The summed E-state index contributed by atoms with van der Waals surface area (Å²) in [4.78, 5) is 19.9. The van der Waals surface area contributed by atoms with E-state index in [0.29, 0.717) is 18.3 Å². The highest BCUT2D eigenvalue weighted by Crippen LogP contribution is 2.17. The van der Waals surface area contributed by atoms with Crippen molar-refractivity contribution in [3.63, 3.8) is 0 Å². The van der Waals surface area contributed by atoms with E-state index in [-0.39, 0.29) is 6.61 Å². The molecule has 1 heterocycles. The number of carbonyl (C=O) groups is 1. The summed E-state index contributed by atoms with van der Waals surface area (Å²) in [6, 6.07) is 8.21. The Bertz CT molecular complexity index is 620. The van der Waals surface area contributed by atoms with Gasteiger partial charge in [-0.05, 0) is 43.6 Å². The number of ether oxygens (including phenoxy) is 1. The molecule has 1 aliphatic heterocycles. The third kappa shape index (κ3) is 5.91. The van der Waals surface area contributed by atoms with Crippen LogP contribution in [0.1, 0.15) is 25.3 Å². The molecule has 0 aromatic heterocycles. The van der Waals surface area contributed by atoms with Gasteiger partial charge in [0, 0.05) is 33.2 Å². The number of primary amides is 1. The number of carbonyl (C=O) groups excluding carboxylic acids is 1. The quantitative estimate of drug-likeness (QED) is 0.534. The molecule has 2 rings (SSSR count). The van der Waals surface area contributed by atoms with Crippen LogP contribution in [0.15, 0.2) is 29.3 Å². The molecule has 1 atom stereocenters. The summed E-state index contributed by atoms with van der Waals surface area (Å²) < 4.78 is 5.35. The van der Waals surface area contributed by atoms with Crippen molar-refractivity contribution in [2.45, 2.75) is 32.4 Å². The Kier molecular flexibility index (Phi) is 7.72. The van der Waals surface area contributed by atoms with E-state index in [4.69, 9.17) is 10.5 Å². The van der Waals surface area contributed by atoms with Crippen LogP contribution >= 0.6 is 0 Å². The van der Waals surface area contributed by atoms with E-state index in [1.54, 1.807) is 7.05 Å². The van der Waals surface area contributed by atoms with Crippen molar-refractivity contribution in [2.24, 2.45) is 10.7 Å². The van der Waals surface area contributed by atoms with Crippen LogP contribution < -0.4 is 15.8 Å². The summed E-state index contributed by atoms with van der Waals surface area (Å²) in [6.45, 7) is 6.00. The van der Waals surface area contributed by atoms with E-state index >= 15 is 0 Å². The van der Waals surface area contributed by atoms with Crippen molar-refractivity contribution in [2.75, 3.05) is 40.3 Å². The van der Waals surface area contributed by atoms with Crippen LogP contribution in [-0.2, 0) is 11.3 Å². The fourth-order valence-electron chi connectivity index (χ4n) is 3.39. The van der Waals surface area contributed by atoms with Gasteiger partial charge in [0.2, 0.25) is 0 Å². The fourth-order valence-corrected chi connectivity index (χ4v) is 3.39. The second-order valence-corrected chi connectivity index (χ2v) is 6.61. The van der Waals surface area contributed by atoms with E-state index in [9.17, 15) is 4.79 Å². The van der Waals surface area contributed by atoms with Gasteiger partial charge in [0.05, 0.1) is 0 Å². The van der Waals surface area contributed by atoms with Crippen molar-refractivity contribution in [3.8, 4) is 5.75 Å². The summed E-state index contributed by atoms with van der Waals surface area (Å²) in [5, 5.41) is 3.39. The molecule has 0 bridgehead atoms. The van der Waals surface area contributed by atoms with Gasteiger partial charge in [-0.2, -0.15) is 0 Å². The number of amides is 1. The van der Waals surface area contributed by atoms with Crippen LogP contribution in [0.2, 0.25) is 0 Å². The first kappa shape index (κ1) is 20.0. The van der Waals surface area contributed by atoms with Crippen LogP contribution in [0.25, 0.3) is 0 Å². The molecule has 1 aromatic carbocycles. The molecule has 0 aliphatic carbocycles. The van der Waals surface area contributed by atoms with E-state index in [0.717, 1.165) is 24.6 Å². The van der Waals surface area contributed by atoms with Crippen LogP contribution in [0.4, 0.5) is 0 Å². The third-order valence-electron chi connectivity index (χ3n) is 4.69. The molecule has 26 heavy (non-hydrogen) atoms. The topological polar surface area (TPSA) is 83.2 Å². The Balaban J connectivity index is 1.88. The van der Waals surface area contributed by atoms with Crippen molar-refractivity contribution < 1.29 is 9.53 Å². The SMILES string of the molecule is CCN1CCCC1CN(C)C(=NC)NCc1cccc(OCC(N)=O)c1. The Morgan fingerprint density at radius 3 is 3.00 bits per heavy atom. The van der Waals surface area contributed by atoms with Crippen LogP contribution in [-0.4, -0.2) is 68.0 Å². The van der Waals surface area contributed by atoms with Gasteiger partial charge in [-0.15, -0.1) is 0 Å². The molecular formula is C19H31N5O2. The lowest BCUT2D eigenvalue weighted by atomic mass is 10.2. The number of hydrogen-bond donors (Lipinski definition) is 2. The number of nitrogens with one attached hydrogen (secondary N) is 1. The third-order valence-corrected chi connectivity index (χ3v) is 4.69. The summed E-state index contributed by atoms with van der Waals surface area (Å²) in [7, 11) is 3.88. The Labute approximate surface area is 156 Å². The summed E-state index contributed by atoms with van der Waals surface area (Å²) in [6.07, 6.45) is 2.52. The van der Waals surface area contributed by atoms with Crippen molar-refractivity contribution in [1.82, 2.24) is 15.1 Å². The lowest BCUT2D eigenvalue weighted by Gasteiger charge is -2.29. The molecule has 1 unspecified atom stereocenters. The van der Waals surface area contributed by atoms with E-state index < -0.39 is 5.91 Å². The fraction of sp³-hybridized carbons (Fsp3) is 0.579. The number of hydrogen-bond acceptors (Lipinski definition) is 4. The van der Waals surface area contributed by atoms with Gasteiger partial charge in [0.1, 0.15) is 5.75 Å². The zero-order chi connectivity index (χ0) is 18.9. The maximum absolute atomic E-state index is 10.8. The second-order valence-electron chi connectivity index (χ2n) is 6.61. The average Bonchev–Trinajstić information content (AvgIpc) is 3.08. The maximum Gasteiger partial charge on any atom is 0.255 e. The summed E-state index contributed by atoms with van der Waals surface area (Å²) >= 11 is 0. The van der Waals surface area contributed by atoms with Gasteiger partial charge >= 0.3 is 0 Å². The lowest BCUT2D eigenvalue weighted by molar-refractivity contribution is -0.119. The van der Waals surface area contributed by atoms with Gasteiger partial charge in [0.25, 0.3) is 5.91 Å². The van der Waals surface area contributed by atoms with E-state index in [1.165, 1.54) is 19.4 Å². The zero-order valence-electron chi connectivity index (χ0n) is 16.1. The van der Waals surface area contributed by atoms with Gasteiger partial charge in [-0.3, -0.25) is 14.7 Å². The number of nitrogens with two attached hydrogens (primary N) is 1. The molecule has 1 aliphatic rings. The Hall–Kier alpha value is -2.28. The predicted octanol–water partition coefficient (Wildman–Crippen LogP) is 1.04. The molecule has 0 spiro atoms. The number of likely N-dealkylation sites (tertiary alicyclic amines) is 1. The smallest absolute Gasteiger partial charge is 0.255 e. The molecule has 144 valence electrons. The Morgan fingerprint density at radius 1 is 1.50 bits per heavy atom. The molecule has 1 aromatic rings. The molecule has 7 nitrogen and oxygen atoms in total. The molecule has 3 N–H and O–H groups in total. The highest BCUT2D eigenvalue weighted by atomic mass is 16.5.